The second kappa shape index (κ2) is 6.65. The van der Waals surface area contributed by atoms with Gasteiger partial charge in [-0.1, -0.05) is 11.8 Å². The van der Waals surface area contributed by atoms with E-state index >= 15 is 0 Å². The Labute approximate surface area is 72.2 Å². The molecule has 0 bridgehead atoms. The van der Waals surface area contributed by atoms with E-state index in [-0.39, 0.29) is 6.54 Å². The third kappa shape index (κ3) is 4.72. The van der Waals surface area contributed by atoms with Crippen molar-refractivity contribution < 1.29 is 9.53 Å². The standard InChI is InChI=1S/C8H14N2O2/c1-2-12-8(11)7(10)5-3-4-6-9/h7H,2,5-6,9-10H2,1H3. The van der Waals surface area contributed by atoms with E-state index in [1.165, 1.54) is 0 Å². The van der Waals surface area contributed by atoms with Crippen molar-refractivity contribution in [2.24, 2.45) is 11.5 Å². The molecule has 0 aromatic rings. The maximum atomic E-state index is 10.9. The highest BCUT2D eigenvalue weighted by Gasteiger charge is 2.11. The summed E-state index contributed by atoms with van der Waals surface area (Å²) in [6.07, 6.45) is 0.302. The molecule has 0 saturated carbocycles. The first kappa shape index (κ1) is 11.0. The van der Waals surface area contributed by atoms with Crippen LogP contribution in [0.4, 0.5) is 0 Å². The van der Waals surface area contributed by atoms with Crippen molar-refractivity contribution in [2.75, 3.05) is 13.2 Å². The lowest BCUT2D eigenvalue weighted by Gasteiger charge is -2.05. The molecule has 0 aromatic carbocycles. The zero-order chi connectivity index (χ0) is 9.40. The van der Waals surface area contributed by atoms with Crippen molar-refractivity contribution in [3.05, 3.63) is 0 Å². The molecular weight excluding hydrogens is 156 g/mol. The van der Waals surface area contributed by atoms with Gasteiger partial charge in [0.1, 0.15) is 6.04 Å². The van der Waals surface area contributed by atoms with Crippen molar-refractivity contribution >= 4 is 5.97 Å². The number of hydrogen-bond donors (Lipinski definition) is 2. The molecule has 0 radical (unpaired) electrons. The van der Waals surface area contributed by atoms with Gasteiger partial charge in [0, 0.05) is 6.42 Å². The normalized spacial score (nSPS) is 11.2. The fourth-order valence-corrected chi connectivity index (χ4v) is 0.587. The molecular formula is C8H14N2O2. The van der Waals surface area contributed by atoms with Gasteiger partial charge in [-0.25, -0.2) is 0 Å². The SMILES string of the molecule is CCOC(=O)C(N)CC#CCN. The summed E-state index contributed by atoms with van der Waals surface area (Å²) in [5, 5.41) is 0. The zero-order valence-corrected chi connectivity index (χ0v) is 7.17. The molecule has 1 atom stereocenters. The smallest absolute Gasteiger partial charge is 0.323 e. The number of ether oxygens (including phenoxy) is 1. The monoisotopic (exact) mass is 170 g/mol. The first-order valence-corrected chi connectivity index (χ1v) is 3.80. The van der Waals surface area contributed by atoms with Gasteiger partial charge in [-0.2, -0.15) is 0 Å². The fourth-order valence-electron chi connectivity index (χ4n) is 0.587. The molecule has 4 nitrogen and oxygen atoms in total. The van der Waals surface area contributed by atoms with Crippen LogP contribution in [0.5, 0.6) is 0 Å². The molecule has 0 aliphatic heterocycles. The van der Waals surface area contributed by atoms with Crippen molar-refractivity contribution in [1.82, 2.24) is 0 Å². The van der Waals surface area contributed by atoms with Crippen molar-refractivity contribution in [3.8, 4) is 11.8 Å². The minimum atomic E-state index is -0.649. The van der Waals surface area contributed by atoms with Crippen LogP contribution in [0, 0.1) is 11.8 Å². The predicted octanol–water partition coefficient (Wildman–Crippen LogP) is -0.771. The summed E-state index contributed by atoms with van der Waals surface area (Å²) in [5.41, 5.74) is 10.5. The van der Waals surface area contributed by atoms with Crippen LogP contribution in [0.1, 0.15) is 13.3 Å². The Morgan fingerprint density at radius 3 is 2.75 bits per heavy atom. The predicted molar refractivity (Wildman–Crippen MR) is 46.1 cm³/mol. The Bertz CT molecular complexity index is 193. The van der Waals surface area contributed by atoms with Gasteiger partial charge in [0.2, 0.25) is 0 Å². The Morgan fingerprint density at radius 1 is 1.58 bits per heavy atom. The van der Waals surface area contributed by atoms with E-state index in [4.69, 9.17) is 11.5 Å². The largest absolute Gasteiger partial charge is 0.465 e. The second-order valence-corrected chi connectivity index (χ2v) is 2.12. The fraction of sp³-hybridized carbons (Fsp3) is 0.625. The highest BCUT2D eigenvalue weighted by atomic mass is 16.5. The lowest BCUT2D eigenvalue weighted by atomic mass is 10.2. The van der Waals surface area contributed by atoms with Crippen LogP contribution in [0.3, 0.4) is 0 Å². The van der Waals surface area contributed by atoms with Crippen molar-refractivity contribution in [1.29, 1.82) is 0 Å². The van der Waals surface area contributed by atoms with Crippen LogP contribution in [-0.2, 0) is 9.53 Å². The van der Waals surface area contributed by atoms with E-state index in [2.05, 4.69) is 16.6 Å². The first-order valence-electron chi connectivity index (χ1n) is 3.80. The quantitative estimate of drug-likeness (QED) is 0.430. The summed E-state index contributed by atoms with van der Waals surface area (Å²) in [6, 6.07) is -0.649. The highest BCUT2D eigenvalue weighted by Crippen LogP contribution is 1.89. The van der Waals surface area contributed by atoms with Gasteiger partial charge >= 0.3 is 5.97 Å². The molecule has 68 valence electrons. The van der Waals surface area contributed by atoms with Gasteiger partial charge in [-0.15, -0.1) is 0 Å². The van der Waals surface area contributed by atoms with Crippen LogP contribution in [0.2, 0.25) is 0 Å². The summed E-state index contributed by atoms with van der Waals surface area (Å²) in [4.78, 5) is 10.9. The maximum Gasteiger partial charge on any atom is 0.323 e. The van der Waals surface area contributed by atoms with Crippen molar-refractivity contribution in [2.45, 2.75) is 19.4 Å². The molecule has 0 saturated heterocycles. The van der Waals surface area contributed by atoms with Crippen LogP contribution in [0.15, 0.2) is 0 Å². The summed E-state index contributed by atoms with van der Waals surface area (Å²) in [5.74, 6) is 4.88. The third-order valence-electron chi connectivity index (χ3n) is 1.14. The van der Waals surface area contributed by atoms with Gasteiger partial charge in [0.05, 0.1) is 13.2 Å². The number of carbonyl (C=O) groups excluding carboxylic acids is 1. The molecule has 0 heterocycles. The lowest BCUT2D eigenvalue weighted by molar-refractivity contribution is -0.144. The molecule has 0 aliphatic carbocycles. The Balaban J connectivity index is 3.71. The summed E-state index contributed by atoms with van der Waals surface area (Å²) < 4.78 is 4.67. The average Bonchev–Trinajstić information content (AvgIpc) is 2.05. The van der Waals surface area contributed by atoms with Gasteiger partial charge in [-0.3, -0.25) is 4.79 Å². The molecule has 0 aliphatic rings. The van der Waals surface area contributed by atoms with Crippen LogP contribution in [0.25, 0.3) is 0 Å². The van der Waals surface area contributed by atoms with E-state index < -0.39 is 12.0 Å². The molecule has 4 N–H and O–H groups in total. The molecule has 0 rings (SSSR count). The summed E-state index contributed by atoms with van der Waals surface area (Å²) in [6.45, 7) is 2.36. The number of carbonyl (C=O) groups is 1. The summed E-state index contributed by atoms with van der Waals surface area (Å²) >= 11 is 0. The van der Waals surface area contributed by atoms with Gasteiger partial charge < -0.3 is 16.2 Å². The highest BCUT2D eigenvalue weighted by molar-refractivity contribution is 5.75. The van der Waals surface area contributed by atoms with E-state index in [9.17, 15) is 4.79 Å². The Kier molecular flexibility index (Phi) is 6.07. The molecule has 0 amide bonds. The number of hydrogen-bond acceptors (Lipinski definition) is 4. The topological polar surface area (TPSA) is 78.3 Å². The maximum absolute atomic E-state index is 10.9. The molecule has 0 aromatic heterocycles. The number of nitrogens with two attached hydrogens (primary N) is 2. The molecule has 4 heteroatoms. The first-order chi connectivity index (χ1) is 5.72. The number of rotatable bonds is 3. The average molecular weight is 170 g/mol. The third-order valence-corrected chi connectivity index (χ3v) is 1.14. The van der Waals surface area contributed by atoms with E-state index in [1.54, 1.807) is 6.92 Å². The minimum Gasteiger partial charge on any atom is -0.465 e. The van der Waals surface area contributed by atoms with Crippen LogP contribution < -0.4 is 11.5 Å². The van der Waals surface area contributed by atoms with Crippen LogP contribution >= 0.6 is 0 Å². The molecule has 1 unspecified atom stereocenters. The summed E-state index contributed by atoms with van der Waals surface area (Å²) in [7, 11) is 0. The van der Waals surface area contributed by atoms with Gasteiger partial charge in [-0.05, 0) is 6.92 Å². The zero-order valence-electron chi connectivity index (χ0n) is 7.17. The second-order valence-electron chi connectivity index (χ2n) is 2.12. The van der Waals surface area contributed by atoms with E-state index in [0.717, 1.165) is 0 Å². The Hall–Kier alpha value is -1.05. The van der Waals surface area contributed by atoms with E-state index in [1.807, 2.05) is 0 Å². The van der Waals surface area contributed by atoms with Gasteiger partial charge in [0.15, 0.2) is 0 Å². The Morgan fingerprint density at radius 2 is 2.25 bits per heavy atom. The van der Waals surface area contributed by atoms with Gasteiger partial charge in [0.25, 0.3) is 0 Å². The minimum absolute atomic E-state index is 0.287. The van der Waals surface area contributed by atoms with E-state index in [0.29, 0.717) is 13.0 Å². The van der Waals surface area contributed by atoms with Crippen LogP contribution in [-0.4, -0.2) is 25.2 Å². The van der Waals surface area contributed by atoms with Crippen molar-refractivity contribution in [3.63, 3.8) is 0 Å². The number of esters is 1. The molecule has 0 fully saturated rings. The molecule has 0 spiro atoms. The molecule has 12 heavy (non-hydrogen) atoms. The lowest BCUT2D eigenvalue weighted by Crippen LogP contribution is -2.31.